The van der Waals surface area contributed by atoms with Gasteiger partial charge in [-0.3, -0.25) is 14.4 Å². The van der Waals surface area contributed by atoms with E-state index in [2.05, 4.69) is 20.8 Å². The van der Waals surface area contributed by atoms with E-state index in [1.54, 1.807) is 0 Å². The first-order valence-electron chi connectivity index (χ1n) is 13.1. The number of phenolic OH excluding ortho intramolecular Hbond substituents is 1. The number of aromatic hydroxyl groups is 1. The second-order valence-electron chi connectivity index (χ2n) is 12.0. The lowest BCUT2D eigenvalue weighted by molar-refractivity contribution is -0.147. The summed E-state index contributed by atoms with van der Waals surface area (Å²) in [6.45, 7) is 8.50. The maximum absolute atomic E-state index is 13.7. The molecule has 8 heteroatoms. The molecule has 0 aliphatic heterocycles. The molecule has 0 heterocycles. The number of hydrogen-bond donors (Lipinski definition) is 5. The molecule has 0 spiro atoms. The Labute approximate surface area is 216 Å². The third-order valence-electron chi connectivity index (χ3n) is 8.13. The van der Waals surface area contributed by atoms with Crippen molar-refractivity contribution >= 4 is 23.2 Å². The number of fused-ring (bicyclic) bond motifs is 3. The summed E-state index contributed by atoms with van der Waals surface area (Å²) in [7, 11) is 0. The van der Waals surface area contributed by atoms with Crippen molar-refractivity contribution in [2.45, 2.75) is 84.7 Å². The number of phenols is 1. The lowest BCUT2D eigenvalue weighted by Crippen LogP contribution is -2.58. The van der Waals surface area contributed by atoms with Gasteiger partial charge < -0.3 is 26.2 Å². The van der Waals surface area contributed by atoms with Crippen LogP contribution in [-0.2, 0) is 33.6 Å². The van der Waals surface area contributed by atoms with E-state index in [9.17, 15) is 34.8 Å². The highest BCUT2D eigenvalue weighted by Crippen LogP contribution is 2.52. The van der Waals surface area contributed by atoms with Gasteiger partial charge in [-0.15, -0.1) is 0 Å². The van der Waals surface area contributed by atoms with Gasteiger partial charge in [0.25, 0.3) is 5.91 Å². The molecule has 4 rings (SSSR count). The molecule has 1 aromatic rings. The van der Waals surface area contributed by atoms with E-state index in [-0.39, 0.29) is 35.1 Å². The van der Waals surface area contributed by atoms with E-state index >= 15 is 0 Å². The van der Waals surface area contributed by atoms with Crippen LogP contribution in [0.1, 0.15) is 82.1 Å². The van der Waals surface area contributed by atoms with Gasteiger partial charge in [-0.2, -0.15) is 0 Å². The van der Waals surface area contributed by atoms with Crippen molar-refractivity contribution in [2.75, 3.05) is 0 Å². The Morgan fingerprint density at radius 3 is 2.38 bits per heavy atom. The molecule has 3 atom stereocenters. The van der Waals surface area contributed by atoms with Crippen LogP contribution in [-0.4, -0.2) is 43.5 Å². The Kier molecular flexibility index (Phi) is 6.78. The van der Waals surface area contributed by atoms with Crippen LogP contribution in [0.5, 0.6) is 5.75 Å². The van der Waals surface area contributed by atoms with E-state index in [1.807, 2.05) is 13.0 Å². The van der Waals surface area contributed by atoms with Crippen LogP contribution in [0.2, 0.25) is 0 Å². The molecule has 0 unspecified atom stereocenters. The van der Waals surface area contributed by atoms with Crippen LogP contribution in [0.25, 0.3) is 5.76 Å². The van der Waals surface area contributed by atoms with Gasteiger partial charge in [0.15, 0.2) is 11.4 Å². The highest BCUT2D eigenvalue weighted by atomic mass is 16.3. The van der Waals surface area contributed by atoms with Crippen molar-refractivity contribution < 1.29 is 34.8 Å². The molecule has 3 aliphatic carbocycles. The molecule has 3 aliphatic rings. The van der Waals surface area contributed by atoms with Crippen LogP contribution >= 0.6 is 0 Å². The summed E-state index contributed by atoms with van der Waals surface area (Å²) in [6.07, 6.45) is 4.14. The summed E-state index contributed by atoms with van der Waals surface area (Å²) >= 11 is 0. The van der Waals surface area contributed by atoms with E-state index < -0.39 is 52.0 Å². The van der Waals surface area contributed by atoms with Gasteiger partial charge in [-0.05, 0) is 66.5 Å². The largest absolute Gasteiger partial charge is 0.508 e. The number of benzene rings is 1. The van der Waals surface area contributed by atoms with E-state index in [0.717, 1.165) is 36.8 Å². The average molecular weight is 512 g/mol. The minimum absolute atomic E-state index is 0.0782. The summed E-state index contributed by atoms with van der Waals surface area (Å²) in [5.74, 6) is -5.92. The van der Waals surface area contributed by atoms with Crippen LogP contribution in [0.4, 0.5) is 0 Å². The number of aliphatic hydroxyl groups excluding tert-OH is 2. The monoisotopic (exact) mass is 511 g/mol. The molecular formula is C29H37NO7. The fraction of sp³-hybridized carbons (Fsp3) is 0.552. The first-order valence-corrected chi connectivity index (χ1v) is 13.1. The van der Waals surface area contributed by atoms with Gasteiger partial charge >= 0.3 is 0 Å². The predicted molar refractivity (Wildman–Crippen MR) is 138 cm³/mol. The zero-order chi connectivity index (χ0) is 27.4. The van der Waals surface area contributed by atoms with Gasteiger partial charge in [-0.25, -0.2) is 0 Å². The topological polar surface area (TPSA) is 158 Å². The molecular weight excluding hydrogens is 474 g/mol. The Bertz CT molecular complexity index is 1250. The number of carbonyl (C=O) groups excluding carboxylic acids is 3. The van der Waals surface area contributed by atoms with E-state index in [1.165, 1.54) is 0 Å². The van der Waals surface area contributed by atoms with Crippen molar-refractivity contribution in [1.82, 2.24) is 0 Å². The molecule has 0 bridgehead atoms. The molecule has 0 aromatic heterocycles. The van der Waals surface area contributed by atoms with Gasteiger partial charge in [-0.1, -0.05) is 40.2 Å². The number of carbonyl (C=O) groups is 3. The first kappa shape index (κ1) is 26.9. The van der Waals surface area contributed by atoms with Gasteiger partial charge in [0.2, 0.25) is 5.78 Å². The molecule has 1 saturated carbocycles. The smallest absolute Gasteiger partial charge is 0.255 e. The summed E-state index contributed by atoms with van der Waals surface area (Å²) in [5, 5.41) is 44.8. The Morgan fingerprint density at radius 1 is 1.11 bits per heavy atom. The summed E-state index contributed by atoms with van der Waals surface area (Å²) in [6, 6.07) is 2.00. The maximum Gasteiger partial charge on any atom is 0.255 e. The minimum atomic E-state index is -2.54. The lowest BCUT2D eigenvalue weighted by Gasteiger charge is -2.46. The summed E-state index contributed by atoms with van der Waals surface area (Å²) < 4.78 is 0. The number of nitrogens with two attached hydrogens (primary N) is 1. The maximum atomic E-state index is 13.7. The van der Waals surface area contributed by atoms with Crippen molar-refractivity contribution in [3.8, 4) is 5.75 Å². The second kappa shape index (κ2) is 9.31. The third kappa shape index (κ3) is 4.35. The molecule has 0 radical (unpaired) electrons. The van der Waals surface area contributed by atoms with E-state index in [0.29, 0.717) is 18.4 Å². The fourth-order valence-corrected chi connectivity index (χ4v) is 6.32. The van der Waals surface area contributed by atoms with Crippen LogP contribution in [0.15, 0.2) is 23.0 Å². The van der Waals surface area contributed by atoms with E-state index in [4.69, 9.17) is 5.73 Å². The van der Waals surface area contributed by atoms with Crippen LogP contribution in [0, 0.1) is 17.3 Å². The number of Topliss-reactive ketones (excluding diaryl/α,β-unsaturated/α-hetero) is 2. The summed E-state index contributed by atoms with van der Waals surface area (Å²) in [5.41, 5.74) is 4.62. The van der Waals surface area contributed by atoms with Crippen LogP contribution in [0.3, 0.4) is 0 Å². The molecule has 1 amide bonds. The van der Waals surface area contributed by atoms with Crippen molar-refractivity contribution in [1.29, 1.82) is 0 Å². The zero-order valence-corrected chi connectivity index (χ0v) is 22.0. The van der Waals surface area contributed by atoms with Crippen molar-refractivity contribution in [3.63, 3.8) is 0 Å². The molecule has 6 N–H and O–H groups in total. The quantitative estimate of drug-likeness (QED) is 0.364. The number of ketones is 2. The second-order valence-corrected chi connectivity index (χ2v) is 12.0. The first-order chi connectivity index (χ1) is 17.2. The molecule has 8 nitrogen and oxygen atoms in total. The number of rotatable bonds is 6. The SMILES string of the molecule is CCCc1cc(CCCC(C)(C)C)c(O)c2c1C[C@H]1C[C@H]3CC(=O)C(C(N)=O)=C(O)[C@@]3(O)C(=O)C1=C2O. The van der Waals surface area contributed by atoms with Crippen molar-refractivity contribution in [3.05, 3.63) is 45.2 Å². The zero-order valence-electron chi connectivity index (χ0n) is 22.0. The highest BCUT2D eigenvalue weighted by molar-refractivity contribution is 6.22. The third-order valence-corrected chi connectivity index (χ3v) is 8.13. The highest BCUT2D eigenvalue weighted by Gasteiger charge is 2.60. The number of aryl methyl sites for hydroxylation is 2. The van der Waals surface area contributed by atoms with Gasteiger partial charge in [0.1, 0.15) is 22.8 Å². The fourth-order valence-electron chi connectivity index (χ4n) is 6.32. The molecule has 0 saturated heterocycles. The molecule has 200 valence electrons. The Balaban J connectivity index is 1.85. The number of amides is 1. The molecule has 1 aromatic carbocycles. The standard InChI is InChI=1S/C29H37NO7/c1-5-7-14-10-15(8-6-9-28(2,3)4)23(32)21-18(14)12-16-11-17-13-19(31)22(27(30)36)26(35)29(17,37)25(34)20(16)24(21)33/h10,16-17,32-33,35,37H,5-9,11-13H2,1-4H3,(H2,30,36)/t16-,17+,29+/m1/s1. The summed E-state index contributed by atoms with van der Waals surface area (Å²) in [4.78, 5) is 38.0. The average Bonchev–Trinajstić information content (AvgIpc) is 2.78. The Hall–Kier alpha value is -3.13. The molecule has 1 fully saturated rings. The minimum Gasteiger partial charge on any atom is -0.508 e. The predicted octanol–water partition coefficient (Wildman–Crippen LogP) is 3.75. The lowest BCUT2D eigenvalue weighted by atomic mass is 9.59. The number of hydrogen-bond acceptors (Lipinski definition) is 7. The van der Waals surface area contributed by atoms with Crippen LogP contribution < -0.4 is 5.73 Å². The van der Waals surface area contributed by atoms with Crippen molar-refractivity contribution in [2.24, 2.45) is 23.0 Å². The number of aliphatic hydroxyl groups is 3. The normalized spacial score (nSPS) is 25.6. The van der Waals surface area contributed by atoms with Gasteiger partial charge in [0, 0.05) is 17.9 Å². The number of primary amides is 1. The molecule has 37 heavy (non-hydrogen) atoms. The Morgan fingerprint density at radius 2 is 1.78 bits per heavy atom. The van der Waals surface area contributed by atoms with Gasteiger partial charge in [0.05, 0.1) is 5.56 Å².